The van der Waals surface area contributed by atoms with Crippen LogP contribution in [0.25, 0.3) is 0 Å². The monoisotopic (exact) mass is 188 g/mol. The maximum Gasteiger partial charge on any atom is 0.422 e. The zero-order valence-electron chi connectivity index (χ0n) is 6.38. The van der Waals surface area contributed by atoms with E-state index < -0.39 is 12.8 Å². The van der Waals surface area contributed by atoms with Gasteiger partial charge in [-0.1, -0.05) is 5.46 Å². The summed E-state index contributed by atoms with van der Waals surface area (Å²) in [4.78, 5) is 6.85. The maximum atomic E-state index is 11.6. The number of ether oxygens (including phenoxy) is 1. The second-order valence-electron chi connectivity index (χ2n) is 2.20. The first-order valence-electron chi connectivity index (χ1n) is 3.24. The van der Waals surface area contributed by atoms with Crippen LogP contribution in [-0.4, -0.2) is 30.6 Å². The molecule has 0 saturated carbocycles. The quantitative estimate of drug-likeness (QED) is 0.622. The van der Waals surface area contributed by atoms with Gasteiger partial charge in [-0.2, -0.15) is 13.2 Å². The first-order chi connectivity index (χ1) is 5.97. The molecule has 0 N–H and O–H groups in total. The van der Waals surface area contributed by atoms with Crippen LogP contribution in [0.15, 0.2) is 12.4 Å². The lowest BCUT2D eigenvalue weighted by molar-refractivity contribution is -0.154. The van der Waals surface area contributed by atoms with Crippen LogP contribution in [0.3, 0.4) is 0 Å². The van der Waals surface area contributed by atoms with Gasteiger partial charge in [0.25, 0.3) is 0 Å². The summed E-state index contributed by atoms with van der Waals surface area (Å²) in [5.74, 6) is 0. The van der Waals surface area contributed by atoms with E-state index in [9.17, 15) is 13.2 Å². The molecule has 7 heteroatoms. The molecule has 0 spiro atoms. The third kappa shape index (κ3) is 3.77. The number of aromatic nitrogens is 2. The number of hydrogen-bond acceptors (Lipinski definition) is 3. The van der Waals surface area contributed by atoms with Crippen LogP contribution in [-0.2, 0) is 0 Å². The third-order valence-corrected chi connectivity index (χ3v) is 1.01. The smallest absolute Gasteiger partial charge is 0.422 e. The van der Waals surface area contributed by atoms with Crippen molar-refractivity contribution in [2.75, 3.05) is 6.61 Å². The van der Waals surface area contributed by atoms with Crippen molar-refractivity contribution < 1.29 is 17.9 Å². The summed E-state index contributed by atoms with van der Waals surface area (Å²) in [7, 11) is 5.21. The van der Waals surface area contributed by atoms with Crippen LogP contribution in [0, 0.1) is 0 Å². The Labute approximate surface area is 73.4 Å². The van der Waals surface area contributed by atoms with E-state index in [2.05, 4.69) is 14.7 Å². The molecule has 1 aromatic heterocycles. The summed E-state index contributed by atoms with van der Waals surface area (Å²) in [6.07, 6.45) is -2.05. The zero-order chi connectivity index (χ0) is 9.90. The number of rotatable bonds is 2. The van der Waals surface area contributed by atoms with Crippen molar-refractivity contribution in [2.24, 2.45) is 0 Å². The lowest BCUT2D eigenvalue weighted by Gasteiger charge is -2.06. The molecule has 1 rings (SSSR count). The molecule has 13 heavy (non-hydrogen) atoms. The van der Waals surface area contributed by atoms with Crippen LogP contribution in [0.5, 0.6) is 6.01 Å². The molecule has 0 aliphatic carbocycles. The maximum absolute atomic E-state index is 11.6. The molecule has 0 amide bonds. The highest BCUT2D eigenvalue weighted by molar-refractivity contribution is 6.31. The molecule has 0 saturated heterocycles. The summed E-state index contributed by atoms with van der Waals surface area (Å²) in [6, 6.07) is -0.341. The third-order valence-electron chi connectivity index (χ3n) is 1.01. The Morgan fingerprint density at radius 2 is 1.85 bits per heavy atom. The van der Waals surface area contributed by atoms with Gasteiger partial charge in [-0.3, -0.25) is 0 Å². The van der Waals surface area contributed by atoms with Crippen LogP contribution < -0.4 is 10.2 Å². The van der Waals surface area contributed by atoms with Crippen molar-refractivity contribution in [1.82, 2.24) is 9.97 Å². The second kappa shape index (κ2) is 3.63. The number of hydrogen-bond donors (Lipinski definition) is 0. The molecular formula is C6H4BF3N2O. The van der Waals surface area contributed by atoms with E-state index in [4.69, 9.17) is 7.85 Å². The van der Waals surface area contributed by atoms with Crippen molar-refractivity contribution in [3.63, 3.8) is 0 Å². The van der Waals surface area contributed by atoms with Gasteiger partial charge in [0, 0.05) is 12.4 Å². The fourth-order valence-electron chi connectivity index (χ4n) is 0.547. The van der Waals surface area contributed by atoms with Gasteiger partial charge in [-0.05, 0) is 0 Å². The highest BCUT2D eigenvalue weighted by Gasteiger charge is 2.28. The zero-order valence-corrected chi connectivity index (χ0v) is 6.38. The Hall–Kier alpha value is -1.27. The molecule has 0 fully saturated rings. The average Bonchev–Trinajstić information content (AvgIpc) is 2.02. The SMILES string of the molecule is [B]c1cnc(OCC(F)(F)F)nc1. The average molecular weight is 188 g/mol. The molecule has 3 nitrogen and oxygen atoms in total. The van der Waals surface area contributed by atoms with Gasteiger partial charge in [-0.15, -0.1) is 0 Å². The van der Waals surface area contributed by atoms with E-state index in [0.717, 1.165) is 0 Å². The Morgan fingerprint density at radius 1 is 1.31 bits per heavy atom. The van der Waals surface area contributed by atoms with Crippen molar-refractivity contribution in [2.45, 2.75) is 6.18 Å². The van der Waals surface area contributed by atoms with Crippen molar-refractivity contribution in [3.05, 3.63) is 12.4 Å². The second-order valence-corrected chi connectivity index (χ2v) is 2.20. The molecule has 0 bridgehead atoms. The Bertz CT molecular complexity index is 274. The van der Waals surface area contributed by atoms with E-state index in [1.165, 1.54) is 12.4 Å². The fourth-order valence-corrected chi connectivity index (χ4v) is 0.547. The molecule has 1 heterocycles. The normalized spacial score (nSPS) is 11.3. The fraction of sp³-hybridized carbons (Fsp3) is 0.333. The van der Waals surface area contributed by atoms with Crippen molar-refractivity contribution in [3.8, 4) is 6.01 Å². The topological polar surface area (TPSA) is 35.0 Å². The van der Waals surface area contributed by atoms with Crippen LogP contribution in [0.2, 0.25) is 0 Å². The summed E-state index contributed by atoms with van der Waals surface area (Å²) in [5.41, 5.74) is 0.263. The highest BCUT2D eigenvalue weighted by Crippen LogP contribution is 2.15. The van der Waals surface area contributed by atoms with Crippen LogP contribution in [0.4, 0.5) is 13.2 Å². The molecule has 0 unspecified atom stereocenters. The van der Waals surface area contributed by atoms with Gasteiger partial charge in [0.15, 0.2) is 6.61 Å². The number of nitrogens with zero attached hydrogens (tertiary/aromatic N) is 2. The van der Waals surface area contributed by atoms with Gasteiger partial charge in [-0.25, -0.2) is 9.97 Å². The van der Waals surface area contributed by atoms with Gasteiger partial charge >= 0.3 is 12.2 Å². The molecule has 68 valence electrons. The molecule has 0 aliphatic rings. The van der Waals surface area contributed by atoms with E-state index in [-0.39, 0.29) is 11.5 Å². The minimum absolute atomic E-state index is 0.263. The lowest BCUT2D eigenvalue weighted by atomic mass is 10.0. The van der Waals surface area contributed by atoms with E-state index in [1.807, 2.05) is 0 Å². The van der Waals surface area contributed by atoms with E-state index >= 15 is 0 Å². The first-order valence-corrected chi connectivity index (χ1v) is 3.24. The summed E-state index contributed by atoms with van der Waals surface area (Å²) >= 11 is 0. The number of halogens is 3. The molecule has 0 aliphatic heterocycles. The lowest BCUT2D eigenvalue weighted by Crippen LogP contribution is -2.20. The van der Waals surface area contributed by atoms with Crippen molar-refractivity contribution >= 4 is 13.3 Å². The predicted octanol–water partition coefficient (Wildman–Crippen LogP) is 0.212. The van der Waals surface area contributed by atoms with Gasteiger partial charge in [0.1, 0.15) is 7.85 Å². The summed E-state index contributed by atoms with van der Waals surface area (Å²) < 4.78 is 39.1. The highest BCUT2D eigenvalue weighted by atomic mass is 19.4. The molecule has 2 radical (unpaired) electrons. The molecular weight excluding hydrogens is 184 g/mol. The Morgan fingerprint density at radius 3 is 2.31 bits per heavy atom. The van der Waals surface area contributed by atoms with Crippen LogP contribution in [0.1, 0.15) is 0 Å². The minimum atomic E-state index is -4.38. The van der Waals surface area contributed by atoms with Gasteiger partial charge in [0.2, 0.25) is 0 Å². The van der Waals surface area contributed by atoms with E-state index in [0.29, 0.717) is 0 Å². The first kappa shape index (κ1) is 9.82. The van der Waals surface area contributed by atoms with E-state index in [1.54, 1.807) is 0 Å². The van der Waals surface area contributed by atoms with Gasteiger partial charge in [0.05, 0.1) is 0 Å². The van der Waals surface area contributed by atoms with Crippen LogP contribution >= 0.6 is 0 Å². The molecule has 0 atom stereocenters. The van der Waals surface area contributed by atoms with Crippen molar-refractivity contribution in [1.29, 1.82) is 0 Å². The summed E-state index contributed by atoms with van der Waals surface area (Å²) in [6.45, 7) is -1.41. The Balaban J connectivity index is 2.51. The largest absolute Gasteiger partial charge is 0.454 e. The molecule has 0 aromatic carbocycles. The minimum Gasteiger partial charge on any atom is -0.454 e. The molecule has 1 aromatic rings. The Kier molecular flexibility index (Phi) is 2.74. The number of alkyl halides is 3. The van der Waals surface area contributed by atoms with Gasteiger partial charge < -0.3 is 4.74 Å². The summed E-state index contributed by atoms with van der Waals surface area (Å²) in [5, 5.41) is 0. The standard InChI is InChI=1S/C6H4BF3N2O/c7-4-1-11-5(12-2-4)13-3-6(8,9)10/h1-2H,3H2. The predicted molar refractivity (Wildman–Crippen MR) is 39.0 cm³/mol.